The Morgan fingerprint density at radius 2 is 1.71 bits per heavy atom. The number of H-pyrrole nitrogens is 1. The van der Waals surface area contributed by atoms with Crippen LogP contribution in [0.25, 0.3) is 10.9 Å². The fourth-order valence-corrected chi connectivity index (χ4v) is 4.74. The number of aromatic amines is 1. The van der Waals surface area contributed by atoms with E-state index in [0.29, 0.717) is 42.3 Å². The molecule has 1 aliphatic carbocycles. The Morgan fingerprint density at radius 1 is 1.00 bits per heavy atom. The number of ether oxygens (including phenoxy) is 2. The molecule has 5 rings (SSSR count). The zero-order chi connectivity index (χ0) is 23.5. The SMILES string of the molecule is Cc1ccc(CN(Cc2cc3cc4c(cc3[nH]c2=O)OCCO4)C(=O)NC2CCCCC2)cc1. The Bertz CT molecular complexity index is 1230. The lowest BCUT2D eigenvalue weighted by molar-refractivity contribution is 0.172. The highest BCUT2D eigenvalue weighted by molar-refractivity contribution is 5.83. The second-order valence-corrected chi connectivity index (χ2v) is 9.33. The van der Waals surface area contributed by atoms with Gasteiger partial charge in [0, 0.05) is 29.6 Å². The van der Waals surface area contributed by atoms with E-state index in [-0.39, 0.29) is 24.2 Å². The molecule has 1 saturated carbocycles. The van der Waals surface area contributed by atoms with Crippen LogP contribution >= 0.6 is 0 Å². The van der Waals surface area contributed by atoms with Crippen LogP contribution in [0.5, 0.6) is 11.5 Å². The second-order valence-electron chi connectivity index (χ2n) is 9.33. The molecule has 0 radical (unpaired) electrons. The number of carbonyl (C=O) groups is 1. The van der Waals surface area contributed by atoms with E-state index in [4.69, 9.17) is 9.47 Å². The summed E-state index contributed by atoms with van der Waals surface area (Å²) in [6, 6.07) is 13.7. The number of nitrogens with zero attached hydrogens (tertiary/aromatic N) is 1. The Balaban J connectivity index is 1.42. The molecule has 2 heterocycles. The third kappa shape index (κ3) is 5.03. The minimum atomic E-state index is -0.205. The third-order valence-electron chi connectivity index (χ3n) is 6.66. The quantitative estimate of drug-likeness (QED) is 0.579. The van der Waals surface area contributed by atoms with E-state index in [1.165, 1.54) is 12.0 Å². The average Bonchev–Trinajstić information content (AvgIpc) is 2.85. The third-order valence-corrected chi connectivity index (χ3v) is 6.66. The van der Waals surface area contributed by atoms with E-state index in [2.05, 4.69) is 10.3 Å². The van der Waals surface area contributed by atoms with Gasteiger partial charge in [0.15, 0.2) is 11.5 Å². The van der Waals surface area contributed by atoms with Crippen molar-refractivity contribution in [3.05, 3.63) is 69.5 Å². The Hall–Kier alpha value is -3.48. The first-order valence-corrected chi connectivity index (χ1v) is 12.1. The number of nitrogens with one attached hydrogen (secondary N) is 2. The van der Waals surface area contributed by atoms with E-state index in [1.807, 2.05) is 43.3 Å². The predicted octanol–water partition coefficient (Wildman–Crippen LogP) is 4.65. The molecule has 0 saturated heterocycles. The van der Waals surface area contributed by atoms with E-state index in [1.54, 1.807) is 11.0 Å². The highest BCUT2D eigenvalue weighted by Gasteiger charge is 2.22. The summed E-state index contributed by atoms with van der Waals surface area (Å²) in [6.07, 6.45) is 5.53. The van der Waals surface area contributed by atoms with Crippen molar-refractivity contribution in [3.63, 3.8) is 0 Å². The number of aromatic nitrogens is 1. The minimum absolute atomic E-state index is 0.130. The minimum Gasteiger partial charge on any atom is -0.486 e. The van der Waals surface area contributed by atoms with Gasteiger partial charge in [-0.25, -0.2) is 4.79 Å². The normalized spacial score (nSPS) is 15.8. The number of aryl methyl sites for hydroxylation is 1. The number of hydrogen-bond acceptors (Lipinski definition) is 4. The van der Waals surface area contributed by atoms with Crippen LogP contribution in [0.1, 0.15) is 48.8 Å². The molecule has 2 aromatic carbocycles. The lowest BCUT2D eigenvalue weighted by atomic mass is 9.96. The summed E-state index contributed by atoms with van der Waals surface area (Å²) in [4.78, 5) is 31.0. The van der Waals surface area contributed by atoms with Gasteiger partial charge in [0.25, 0.3) is 5.56 Å². The van der Waals surface area contributed by atoms with Gasteiger partial charge in [0.1, 0.15) is 13.2 Å². The van der Waals surface area contributed by atoms with Crippen molar-refractivity contribution < 1.29 is 14.3 Å². The molecule has 1 fully saturated rings. The van der Waals surface area contributed by atoms with Crippen molar-refractivity contribution in [3.8, 4) is 11.5 Å². The predicted molar refractivity (Wildman–Crippen MR) is 131 cm³/mol. The van der Waals surface area contributed by atoms with E-state index in [9.17, 15) is 9.59 Å². The van der Waals surface area contributed by atoms with Gasteiger partial charge in [-0.2, -0.15) is 0 Å². The fourth-order valence-electron chi connectivity index (χ4n) is 4.74. The van der Waals surface area contributed by atoms with Crippen LogP contribution in [0.2, 0.25) is 0 Å². The molecule has 7 heteroatoms. The maximum Gasteiger partial charge on any atom is 0.318 e. The van der Waals surface area contributed by atoms with Gasteiger partial charge in [-0.05, 0) is 37.5 Å². The summed E-state index contributed by atoms with van der Waals surface area (Å²) in [7, 11) is 0. The number of hydrogen-bond donors (Lipinski definition) is 2. The summed E-state index contributed by atoms with van der Waals surface area (Å²) in [6.45, 7) is 3.67. The van der Waals surface area contributed by atoms with Crippen molar-refractivity contribution in [1.29, 1.82) is 0 Å². The number of carbonyl (C=O) groups excluding carboxylic acids is 1. The van der Waals surface area contributed by atoms with Crippen molar-refractivity contribution in [1.82, 2.24) is 15.2 Å². The molecule has 2 aliphatic rings. The fraction of sp³-hybridized carbons (Fsp3) is 0.407. The molecule has 0 bridgehead atoms. The molecule has 2 amide bonds. The van der Waals surface area contributed by atoms with E-state index < -0.39 is 0 Å². The zero-order valence-corrected chi connectivity index (χ0v) is 19.6. The second kappa shape index (κ2) is 9.79. The van der Waals surface area contributed by atoms with Gasteiger partial charge in [-0.1, -0.05) is 49.1 Å². The number of amides is 2. The van der Waals surface area contributed by atoms with Crippen molar-refractivity contribution in [2.75, 3.05) is 13.2 Å². The largest absolute Gasteiger partial charge is 0.486 e. The summed E-state index contributed by atoms with van der Waals surface area (Å²) >= 11 is 0. The topological polar surface area (TPSA) is 83.7 Å². The summed E-state index contributed by atoms with van der Waals surface area (Å²) in [5.74, 6) is 1.30. The molecule has 178 valence electrons. The standard InChI is InChI=1S/C27H31N3O4/c1-18-7-9-19(10-8-18)16-30(27(32)28-22-5-3-2-4-6-22)17-21-13-20-14-24-25(34-12-11-33-24)15-23(20)29-26(21)31/h7-10,13-15,22H,2-6,11-12,16-17H2,1H3,(H,28,32)(H,29,31). The van der Waals surface area contributed by atoms with Crippen LogP contribution in [-0.2, 0) is 13.1 Å². The van der Waals surface area contributed by atoms with Crippen molar-refractivity contribution in [2.24, 2.45) is 0 Å². The summed E-state index contributed by atoms with van der Waals surface area (Å²) in [5.41, 5.74) is 3.22. The molecule has 1 aliphatic heterocycles. The molecule has 34 heavy (non-hydrogen) atoms. The highest BCUT2D eigenvalue weighted by atomic mass is 16.6. The van der Waals surface area contributed by atoms with Gasteiger partial charge >= 0.3 is 6.03 Å². The van der Waals surface area contributed by atoms with Crippen LogP contribution < -0.4 is 20.3 Å². The highest BCUT2D eigenvalue weighted by Crippen LogP contribution is 2.33. The number of fused-ring (bicyclic) bond motifs is 2. The van der Waals surface area contributed by atoms with Crippen molar-refractivity contribution >= 4 is 16.9 Å². The number of rotatable bonds is 5. The molecular formula is C27H31N3O4. The maximum atomic E-state index is 13.3. The Labute approximate surface area is 199 Å². The van der Waals surface area contributed by atoms with Crippen LogP contribution in [0.15, 0.2) is 47.3 Å². The monoisotopic (exact) mass is 461 g/mol. The molecule has 1 aromatic heterocycles. The Morgan fingerprint density at radius 3 is 2.44 bits per heavy atom. The first-order chi connectivity index (χ1) is 16.5. The maximum absolute atomic E-state index is 13.3. The van der Waals surface area contributed by atoms with Gasteiger partial charge in [0.2, 0.25) is 0 Å². The average molecular weight is 462 g/mol. The van der Waals surface area contributed by atoms with Crippen LogP contribution in [0.4, 0.5) is 4.79 Å². The first kappa shape index (κ1) is 22.3. The zero-order valence-electron chi connectivity index (χ0n) is 19.6. The lowest BCUT2D eigenvalue weighted by Crippen LogP contribution is -2.45. The molecular weight excluding hydrogens is 430 g/mol. The number of benzene rings is 2. The first-order valence-electron chi connectivity index (χ1n) is 12.1. The van der Waals surface area contributed by atoms with E-state index >= 15 is 0 Å². The summed E-state index contributed by atoms with van der Waals surface area (Å²) in [5, 5.41) is 4.06. The summed E-state index contributed by atoms with van der Waals surface area (Å²) < 4.78 is 11.3. The molecule has 0 spiro atoms. The number of pyridine rings is 1. The molecule has 3 aromatic rings. The van der Waals surface area contributed by atoms with Crippen molar-refractivity contribution in [2.45, 2.75) is 58.2 Å². The van der Waals surface area contributed by atoms with Gasteiger partial charge in [-0.3, -0.25) is 4.79 Å². The van der Waals surface area contributed by atoms with Gasteiger partial charge < -0.3 is 24.7 Å². The lowest BCUT2D eigenvalue weighted by Gasteiger charge is -2.28. The Kier molecular flexibility index (Phi) is 6.43. The van der Waals surface area contributed by atoms with Crippen LogP contribution in [0, 0.1) is 6.92 Å². The number of urea groups is 1. The van der Waals surface area contributed by atoms with Gasteiger partial charge in [-0.15, -0.1) is 0 Å². The molecule has 2 N–H and O–H groups in total. The van der Waals surface area contributed by atoms with Crippen LogP contribution in [0.3, 0.4) is 0 Å². The molecule has 0 atom stereocenters. The smallest absolute Gasteiger partial charge is 0.318 e. The van der Waals surface area contributed by atoms with Crippen LogP contribution in [-0.4, -0.2) is 35.2 Å². The van der Waals surface area contributed by atoms with E-state index in [0.717, 1.165) is 36.6 Å². The molecule has 7 nitrogen and oxygen atoms in total. The van der Waals surface area contributed by atoms with Gasteiger partial charge in [0.05, 0.1) is 12.1 Å². The molecule has 0 unspecified atom stereocenters.